The lowest BCUT2D eigenvalue weighted by Gasteiger charge is -2.07. The summed E-state index contributed by atoms with van der Waals surface area (Å²) >= 11 is 5.87. The number of amides is 1. The normalized spacial score (nSPS) is 12.4. The van der Waals surface area contributed by atoms with Gasteiger partial charge >= 0.3 is 0 Å². The molecule has 5 rings (SSSR count). The molecule has 0 saturated carbocycles. The first-order valence-corrected chi connectivity index (χ1v) is 9.51. The third-order valence-corrected chi connectivity index (χ3v) is 4.73. The molecule has 2 aromatic carbocycles. The third kappa shape index (κ3) is 3.58. The number of hydrogen-bond donors (Lipinski definition) is 2. The molecule has 0 aliphatic carbocycles. The summed E-state index contributed by atoms with van der Waals surface area (Å²) in [6.45, 7) is 0.100. The number of benzene rings is 2. The number of carbonyl (C=O) groups excluding carboxylic acids is 1. The second kappa shape index (κ2) is 8.00. The Hall–Kier alpha value is -4.45. The second-order valence-electron chi connectivity index (χ2n) is 6.49. The Morgan fingerprint density at radius 1 is 1.16 bits per heavy atom. The number of fused-ring (bicyclic) bond motifs is 1. The minimum absolute atomic E-state index is 0.0235. The van der Waals surface area contributed by atoms with E-state index < -0.39 is 5.91 Å². The zero-order valence-corrected chi connectivity index (χ0v) is 16.9. The maximum Gasteiger partial charge on any atom is 0.294 e. The van der Waals surface area contributed by atoms with Crippen molar-refractivity contribution in [2.75, 3.05) is 12.5 Å². The number of ether oxygens (including phenoxy) is 2. The van der Waals surface area contributed by atoms with E-state index in [9.17, 15) is 4.79 Å². The van der Waals surface area contributed by atoms with Gasteiger partial charge in [-0.2, -0.15) is 9.78 Å². The molecule has 0 bridgehead atoms. The summed E-state index contributed by atoms with van der Waals surface area (Å²) in [6, 6.07) is 12.1. The fraction of sp³-hybridized carbons (Fsp3) is 0.0526. The molecule has 2 aromatic heterocycles. The molecule has 13 heteroatoms. The molecule has 0 unspecified atom stereocenters. The number of halogens is 1. The van der Waals surface area contributed by atoms with Gasteiger partial charge in [0.1, 0.15) is 5.69 Å². The Labute approximate surface area is 184 Å². The molecular formula is C19H13ClN8O4. The molecule has 0 atom stereocenters. The van der Waals surface area contributed by atoms with Crippen LogP contribution >= 0.6 is 11.6 Å². The molecule has 160 valence electrons. The maximum atomic E-state index is 12.9. The van der Waals surface area contributed by atoms with Crippen molar-refractivity contribution in [2.45, 2.75) is 0 Å². The molecular weight excluding hydrogens is 440 g/mol. The highest BCUT2D eigenvalue weighted by Crippen LogP contribution is 2.37. The van der Waals surface area contributed by atoms with Crippen LogP contribution < -0.4 is 20.6 Å². The van der Waals surface area contributed by atoms with Gasteiger partial charge in [0.2, 0.25) is 18.4 Å². The van der Waals surface area contributed by atoms with Gasteiger partial charge in [-0.05, 0) is 46.2 Å². The van der Waals surface area contributed by atoms with Gasteiger partial charge in [-0.3, -0.25) is 4.79 Å². The minimum Gasteiger partial charge on any atom is -0.454 e. The average Bonchev–Trinajstić information content (AvgIpc) is 3.53. The largest absolute Gasteiger partial charge is 0.454 e. The van der Waals surface area contributed by atoms with Gasteiger partial charge in [0, 0.05) is 10.6 Å². The smallest absolute Gasteiger partial charge is 0.294 e. The summed E-state index contributed by atoms with van der Waals surface area (Å²) < 4.78 is 16.7. The first kappa shape index (κ1) is 19.5. The van der Waals surface area contributed by atoms with Crippen molar-refractivity contribution in [2.24, 2.45) is 5.10 Å². The second-order valence-corrected chi connectivity index (χ2v) is 6.93. The first-order valence-electron chi connectivity index (χ1n) is 9.13. The van der Waals surface area contributed by atoms with Crippen LogP contribution in [0, 0.1) is 0 Å². The molecule has 3 N–H and O–H groups in total. The van der Waals surface area contributed by atoms with E-state index in [1.54, 1.807) is 42.5 Å². The first-order chi connectivity index (χ1) is 15.6. The highest BCUT2D eigenvalue weighted by molar-refractivity contribution is 6.30. The van der Waals surface area contributed by atoms with Crippen molar-refractivity contribution < 1.29 is 18.9 Å². The quantitative estimate of drug-likeness (QED) is 0.341. The van der Waals surface area contributed by atoms with Crippen molar-refractivity contribution in [3.8, 4) is 28.6 Å². The summed E-state index contributed by atoms with van der Waals surface area (Å²) in [4.78, 5) is 12.9. The summed E-state index contributed by atoms with van der Waals surface area (Å²) in [7, 11) is 0. The van der Waals surface area contributed by atoms with Crippen molar-refractivity contribution in [1.29, 1.82) is 0 Å². The molecule has 3 heterocycles. The van der Waals surface area contributed by atoms with Gasteiger partial charge in [-0.25, -0.2) is 10.1 Å². The SMILES string of the molecule is Nc1nonc1-n1nnc(C(=O)N/N=C/c2ccc(Cl)cc2)c1-c1ccc2c(c1)OCO2. The van der Waals surface area contributed by atoms with E-state index >= 15 is 0 Å². The van der Waals surface area contributed by atoms with E-state index in [1.807, 2.05) is 0 Å². The molecule has 12 nitrogen and oxygen atoms in total. The standard InChI is InChI=1S/C19H13ClN8O4/c20-12-4-1-10(2-5-12)8-22-24-19(29)15-16(11-3-6-13-14(7-11)31-9-30-13)28(27-23-15)18-17(21)25-32-26-18/h1-8H,9H2,(H2,21,25)(H,24,29)/b22-8+. The van der Waals surface area contributed by atoms with Gasteiger partial charge in [0.05, 0.1) is 6.21 Å². The third-order valence-electron chi connectivity index (χ3n) is 4.48. The van der Waals surface area contributed by atoms with Crippen LogP contribution in [-0.2, 0) is 0 Å². The van der Waals surface area contributed by atoms with Crippen LogP contribution in [-0.4, -0.2) is 44.2 Å². The molecule has 1 aliphatic heterocycles. The van der Waals surface area contributed by atoms with E-state index in [-0.39, 0.29) is 29.8 Å². The number of anilines is 1. The zero-order valence-electron chi connectivity index (χ0n) is 16.1. The highest BCUT2D eigenvalue weighted by Gasteiger charge is 2.26. The van der Waals surface area contributed by atoms with Crippen LogP contribution in [0.4, 0.5) is 5.82 Å². The van der Waals surface area contributed by atoms with Gasteiger partial charge in [0.25, 0.3) is 5.91 Å². The van der Waals surface area contributed by atoms with Crippen LogP contribution in [0.1, 0.15) is 16.1 Å². The summed E-state index contributed by atoms with van der Waals surface area (Å²) in [6.07, 6.45) is 1.47. The molecule has 0 fully saturated rings. The minimum atomic E-state index is -0.607. The van der Waals surface area contributed by atoms with Gasteiger partial charge in [-0.15, -0.1) is 5.10 Å². The predicted molar refractivity (Wildman–Crippen MR) is 112 cm³/mol. The summed E-state index contributed by atoms with van der Waals surface area (Å²) in [5.41, 5.74) is 9.80. The Bertz CT molecular complexity index is 1330. The zero-order chi connectivity index (χ0) is 22.1. The monoisotopic (exact) mass is 452 g/mol. The Morgan fingerprint density at radius 3 is 2.75 bits per heavy atom. The molecule has 0 saturated heterocycles. The van der Waals surface area contributed by atoms with Crippen LogP contribution in [0.3, 0.4) is 0 Å². The fourth-order valence-corrected chi connectivity index (χ4v) is 3.12. The number of nitrogens with zero attached hydrogens (tertiary/aromatic N) is 6. The number of hydrazone groups is 1. The number of nitrogen functional groups attached to an aromatic ring is 1. The summed E-state index contributed by atoms with van der Waals surface area (Å²) in [5, 5.41) is 19.9. The molecule has 1 aliphatic rings. The summed E-state index contributed by atoms with van der Waals surface area (Å²) in [5.74, 6) is 0.533. The van der Waals surface area contributed by atoms with Crippen molar-refractivity contribution >= 4 is 29.5 Å². The predicted octanol–water partition coefficient (Wildman–Crippen LogP) is 2.05. The average molecular weight is 453 g/mol. The van der Waals surface area contributed by atoms with E-state index in [2.05, 4.69) is 35.8 Å². The van der Waals surface area contributed by atoms with Crippen molar-refractivity contribution in [3.63, 3.8) is 0 Å². The van der Waals surface area contributed by atoms with Crippen molar-refractivity contribution in [3.05, 3.63) is 58.7 Å². The van der Waals surface area contributed by atoms with Crippen molar-refractivity contribution in [1.82, 2.24) is 30.7 Å². The maximum absolute atomic E-state index is 12.9. The highest BCUT2D eigenvalue weighted by atomic mass is 35.5. The number of nitrogens with two attached hydrogens (primary N) is 1. The van der Waals surface area contributed by atoms with Gasteiger partial charge < -0.3 is 15.2 Å². The number of hydrogen-bond acceptors (Lipinski definition) is 10. The number of carbonyl (C=O) groups is 1. The molecule has 4 aromatic rings. The molecule has 0 radical (unpaired) electrons. The fourth-order valence-electron chi connectivity index (χ4n) is 2.99. The lowest BCUT2D eigenvalue weighted by molar-refractivity contribution is 0.0950. The molecule has 0 spiro atoms. The number of nitrogens with one attached hydrogen (secondary N) is 1. The van der Waals surface area contributed by atoms with E-state index in [0.717, 1.165) is 5.56 Å². The van der Waals surface area contributed by atoms with Crippen LogP contribution in [0.5, 0.6) is 11.5 Å². The Kier molecular flexibility index (Phi) is 4.88. The van der Waals surface area contributed by atoms with Crippen LogP contribution in [0.15, 0.2) is 52.2 Å². The van der Waals surface area contributed by atoms with Gasteiger partial charge in [-0.1, -0.05) is 28.9 Å². The lowest BCUT2D eigenvalue weighted by Crippen LogP contribution is -2.19. The lowest BCUT2D eigenvalue weighted by atomic mass is 10.1. The number of aromatic nitrogens is 5. The van der Waals surface area contributed by atoms with Gasteiger partial charge in [0.15, 0.2) is 17.2 Å². The Morgan fingerprint density at radius 2 is 1.97 bits per heavy atom. The van der Waals surface area contributed by atoms with E-state index in [4.69, 9.17) is 26.8 Å². The topological polar surface area (TPSA) is 156 Å². The molecule has 1 amide bonds. The molecule has 32 heavy (non-hydrogen) atoms. The van der Waals surface area contributed by atoms with E-state index in [0.29, 0.717) is 22.1 Å². The Balaban J connectivity index is 1.51. The van der Waals surface area contributed by atoms with E-state index in [1.165, 1.54) is 10.9 Å². The van der Waals surface area contributed by atoms with Crippen LogP contribution in [0.2, 0.25) is 5.02 Å². The van der Waals surface area contributed by atoms with Crippen LogP contribution in [0.25, 0.3) is 17.1 Å². The number of rotatable bonds is 5.